The van der Waals surface area contributed by atoms with Gasteiger partial charge in [0.1, 0.15) is 5.69 Å². The fourth-order valence-electron chi connectivity index (χ4n) is 3.62. The van der Waals surface area contributed by atoms with Gasteiger partial charge in [0.2, 0.25) is 5.91 Å². The average Bonchev–Trinajstić information content (AvgIpc) is 3.24. The smallest absolute Gasteiger partial charge is 0.270 e. The first-order valence-corrected chi connectivity index (χ1v) is 10.5. The van der Waals surface area contributed by atoms with Crippen LogP contribution in [0, 0.1) is 5.92 Å². The summed E-state index contributed by atoms with van der Waals surface area (Å²) in [6.07, 6.45) is 5.00. The summed E-state index contributed by atoms with van der Waals surface area (Å²) in [6, 6.07) is 0.507. The molecule has 4 N–H and O–H groups in total. The largest absolute Gasteiger partial charge is 0.383 e. The van der Waals surface area contributed by atoms with Gasteiger partial charge in [-0.25, -0.2) is 4.98 Å². The highest BCUT2D eigenvalue weighted by atomic mass is 32.1. The van der Waals surface area contributed by atoms with Crippen LogP contribution < -0.4 is 16.4 Å². The van der Waals surface area contributed by atoms with Crippen LogP contribution in [0.15, 0.2) is 5.38 Å². The summed E-state index contributed by atoms with van der Waals surface area (Å²) < 4.78 is 4.98. The Morgan fingerprint density at radius 1 is 1.30 bits per heavy atom. The summed E-state index contributed by atoms with van der Waals surface area (Å²) >= 11 is 1.27. The van der Waals surface area contributed by atoms with Gasteiger partial charge in [0, 0.05) is 50.6 Å². The lowest BCUT2D eigenvalue weighted by Gasteiger charge is -2.30. The van der Waals surface area contributed by atoms with Crippen LogP contribution in [0.3, 0.4) is 0 Å². The van der Waals surface area contributed by atoms with Crippen LogP contribution in [-0.4, -0.2) is 67.1 Å². The number of hydrogen-bond donors (Lipinski definition) is 3. The molecule has 27 heavy (non-hydrogen) atoms. The molecule has 2 amide bonds. The van der Waals surface area contributed by atoms with Crippen molar-refractivity contribution in [2.45, 2.75) is 44.2 Å². The minimum absolute atomic E-state index is 0.0699. The second-order valence-electron chi connectivity index (χ2n) is 7.35. The van der Waals surface area contributed by atoms with E-state index in [0.29, 0.717) is 36.9 Å². The molecule has 1 saturated carbocycles. The second kappa shape index (κ2) is 9.48. The molecule has 1 aromatic rings. The van der Waals surface area contributed by atoms with E-state index in [2.05, 4.69) is 20.5 Å². The van der Waals surface area contributed by atoms with Gasteiger partial charge in [-0.2, -0.15) is 0 Å². The lowest BCUT2D eigenvalue weighted by molar-refractivity contribution is -0.122. The zero-order valence-electron chi connectivity index (χ0n) is 15.8. The molecule has 0 unspecified atom stereocenters. The number of hydrogen-bond acceptors (Lipinski definition) is 7. The first kappa shape index (κ1) is 20.0. The molecule has 0 radical (unpaired) electrons. The first-order valence-electron chi connectivity index (χ1n) is 9.57. The van der Waals surface area contributed by atoms with Gasteiger partial charge in [-0.05, 0) is 31.6 Å². The quantitative estimate of drug-likeness (QED) is 0.507. The highest BCUT2D eigenvalue weighted by Crippen LogP contribution is 2.35. The monoisotopic (exact) mass is 395 g/mol. The Kier molecular flexibility index (Phi) is 7.03. The molecule has 0 spiro atoms. The van der Waals surface area contributed by atoms with Crippen LogP contribution in [0.1, 0.15) is 42.6 Å². The fourth-order valence-corrected chi connectivity index (χ4v) is 4.16. The maximum absolute atomic E-state index is 12.2. The Labute approximate surface area is 163 Å². The van der Waals surface area contributed by atoms with Gasteiger partial charge < -0.3 is 21.1 Å². The lowest BCUT2D eigenvalue weighted by atomic mass is 10.1. The Hall–Kier alpha value is -1.71. The van der Waals surface area contributed by atoms with Crippen LogP contribution in [0.4, 0.5) is 5.13 Å². The molecule has 1 saturated heterocycles. The van der Waals surface area contributed by atoms with E-state index in [4.69, 9.17) is 10.5 Å². The summed E-state index contributed by atoms with van der Waals surface area (Å²) in [5.74, 6) is 0.620. The number of rotatable bonds is 10. The Bertz CT molecular complexity index is 649. The van der Waals surface area contributed by atoms with Crippen molar-refractivity contribution in [3.05, 3.63) is 11.1 Å². The molecule has 1 aliphatic carbocycles. The molecular weight excluding hydrogens is 366 g/mol. The van der Waals surface area contributed by atoms with E-state index in [1.165, 1.54) is 24.2 Å². The van der Waals surface area contributed by atoms with Crippen molar-refractivity contribution in [3.63, 3.8) is 0 Å². The number of anilines is 1. The molecule has 0 aromatic carbocycles. The van der Waals surface area contributed by atoms with Gasteiger partial charge in [-0.3, -0.25) is 14.5 Å². The van der Waals surface area contributed by atoms with Crippen molar-refractivity contribution in [3.8, 4) is 0 Å². The number of methoxy groups -OCH3 is 1. The molecule has 150 valence electrons. The van der Waals surface area contributed by atoms with E-state index in [1.54, 1.807) is 12.5 Å². The third kappa shape index (κ3) is 5.88. The molecular formula is C18H29N5O3S. The van der Waals surface area contributed by atoms with Gasteiger partial charge >= 0.3 is 0 Å². The van der Waals surface area contributed by atoms with E-state index in [0.717, 1.165) is 25.3 Å². The number of nitrogens with two attached hydrogens (primary N) is 1. The van der Waals surface area contributed by atoms with E-state index in [9.17, 15) is 9.59 Å². The molecule has 8 nitrogen and oxygen atoms in total. The summed E-state index contributed by atoms with van der Waals surface area (Å²) in [7, 11) is 1.62. The molecule has 3 rings (SSSR count). The average molecular weight is 396 g/mol. The van der Waals surface area contributed by atoms with E-state index >= 15 is 0 Å². The van der Waals surface area contributed by atoms with Crippen LogP contribution in [0.2, 0.25) is 0 Å². The van der Waals surface area contributed by atoms with Gasteiger partial charge in [-0.1, -0.05) is 0 Å². The first-order chi connectivity index (χ1) is 13.1. The number of carbonyl (C=O) groups is 2. The number of nitrogen functional groups attached to an aromatic ring is 1. The van der Waals surface area contributed by atoms with Gasteiger partial charge in [0.05, 0.1) is 6.61 Å². The minimum atomic E-state index is -0.185. The molecule has 9 heteroatoms. The molecule has 1 aromatic heterocycles. The van der Waals surface area contributed by atoms with Gasteiger partial charge in [-0.15, -0.1) is 11.3 Å². The molecule has 0 bridgehead atoms. The molecule has 2 atom stereocenters. The number of aromatic nitrogens is 1. The zero-order valence-corrected chi connectivity index (χ0v) is 16.6. The lowest BCUT2D eigenvalue weighted by Crippen LogP contribution is -2.45. The standard InChI is InChI=1S/C18H29N5O3S/c1-26-7-6-20-16(24)8-13-4-5-14(23(13)10-12-2-3-12)9-21-17(25)15-11-27-18(19)22-15/h11-14H,2-10H2,1H3,(H2,19,22)(H,20,24)(H,21,25)/t13-,14+/m1/s1. The molecule has 2 fully saturated rings. The molecule has 2 aliphatic rings. The third-order valence-corrected chi connectivity index (χ3v) is 5.91. The normalized spacial score (nSPS) is 22.7. The zero-order chi connectivity index (χ0) is 19.2. The number of ether oxygens (including phenoxy) is 1. The van der Waals surface area contributed by atoms with Crippen LogP contribution in [-0.2, 0) is 9.53 Å². The van der Waals surface area contributed by atoms with Gasteiger partial charge in [0.15, 0.2) is 5.13 Å². The number of carbonyl (C=O) groups excluding carboxylic acids is 2. The van der Waals surface area contributed by atoms with Crippen molar-refractivity contribution in [1.29, 1.82) is 0 Å². The second-order valence-corrected chi connectivity index (χ2v) is 8.24. The number of nitrogens with one attached hydrogen (secondary N) is 2. The van der Waals surface area contributed by atoms with E-state index in [1.807, 2.05) is 0 Å². The topological polar surface area (TPSA) is 110 Å². The molecule has 2 heterocycles. The Balaban J connectivity index is 1.51. The molecule has 1 aliphatic heterocycles. The van der Waals surface area contributed by atoms with Crippen LogP contribution in [0.25, 0.3) is 0 Å². The van der Waals surface area contributed by atoms with Crippen molar-refractivity contribution in [2.75, 3.05) is 39.1 Å². The maximum atomic E-state index is 12.2. The third-order valence-electron chi connectivity index (χ3n) is 5.24. The fraction of sp³-hybridized carbons (Fsp3) is 0.722. The van der Waals surface area contributed by atoms with E-state index in [-0.39, 0.29) is 23.9 Å². The highest BCUT2D eigenvalue weighted by Gasteiger charge is 2.38. The predicted molar refractivity (Wildman–Crippen MR) is 105 cm³/mol. The number of likely N-dealkylation sites (tertiary alicyclic amines) is 1. The maximum Gasteiger partial charge on any atom is 0.270 e. The number of amides is 2. The van der Waals surface area contributed by atoms with Crippen LogP contribution >= 0.6 is 11.3 Å². The SMILES string of the molecule is COCCNC(=O)C[C@H]1CC[C@@H](CNC(=O)c2csc(N)n2)N1CC1CC1. The summed E-state index contributed by atoms with van der Waals surface area (Å²) in [5.41, 5.74) is 5.97. The summed E-state index contributed by atoms with van der Waals surface area (Å²) in [6.45, 7) is 2.66. The van der Waals surface area contributed by atoms with Crippen molar-refractivity contribution in [1.82, 2.24) is 20.5 Å². The van der Waals surface area contributed by atoms with Gasteiger partial charge in [0.25, 0.3) is 5.91 Å². The van der Waals surface area contributed by atoms with Crippen molar-refractivity contribution >= 4 is 28.3 Å². The number of thiazole rings is 1. The number of nitrogens with zero attached hydrogens (tertiary/aromatic N) is 2. The Morgan fingerprint density at radius 2 is 2.07 bits per heavy atom. The van der Waals surface area contributed by atoms with Crippen molar-refractivity contribution in [2.24, 2.45) is 5.92 Å². The predicted octanol–water partition coefficient (Wildman–Crippen LogP) is 0.851. The minimum Gasteiger partial charge on any atom is -0.383 e. The van der Waals surface area contributed by atoms with E-state index < -0.39 is 0 Å². The van der Waals surface area contributed by atoms with Crippen LogP contribution in [0.5, 0.6) is 0 Å². The summed E-state index contributed by atoms with van der Waals surface area (Å²) in [5, 5.41) is 7.97. The Morgan fingerprint density at radius 3 is 2.74 bits per heavy atom. The summed E-state index contributed by atoms with van der Waals surface area (Å²) in [4.78, 5) is 30.9. The highest BCUT2D eigenvalue weighted by molar-refractivity contribution is 7.13. The van der Waals surface area contributed by atoms with Crippen molar-refractivity contribution < 1.29 is 14.3 Å².